The molecule has 1 atom stereocenters. The number of carbonyl (C=O) groups excluding carboxylic acids is 1. The first-order valence-corrected chi connectivity index (χ1v) is 6.73. The maximum Gasteiger partial charge on any atom is 0.253 e. The number of hydrogen-bond donors (Lipinski definition) is 1. The summed E-state index contributed by atoms with van der Waals surface area (Å²) >= 11 is 0. The average Bonchev–Trinajstić information content (AvgIpc) is 2.41. The molecule has 0 aliphatic carbocycles. The second-order valence-corrected chi connectivity index (χ2v) is 5.96. The number of nitrogens with two attached hydrogens (primary N) is 1. The Morgan fingerprint density at radius 2 is 2.20 bits per heavy atom. The van der Waals surface area contributed by atoms with Crippen LogP contribution in [-0.4, -0.2) is 37.0 Å². The van der Waals surface area contributed by atoms with Crippen molar-refractivity contribution in [2.75, 3.05) is 20.2 Å². The van der Waals surface area contributed by atoms with E-state index in [2.05, 4.69) is 0 Å². The first-order valence-electron chi connectivity index (χ1n) is 6.73. The maximum atomic E-state index is 13.7. The lowest BCUT2D eigenvalue weighted by Crippen LogP contribution is -2.54. The topological polar surface area (TPSA) is 55.6 Å². The molecule has 0 saturated carbocycles. The van der Waals surface area contributed by atoms with E-state index in [1.807, 2.05) is 13.8 Å². The molecule has 1 heterocycles. The van der Waals surface area contributed by atoms with E-state index >= 15 is 0 Å². The number of methoxy groups -OCH3 is 1. The lowest BCUT2D eigenvalue weighted by Gasteiger charge is -2.42. The van der Waals surface area contributed by atoms with E-state index in [4.69, 9.17) is 10.5 Å². The van der Waals surface area contributed by atoms with Crippen molar-refractivity contribution in [1.82, 2.24) is 4.90 Å². The fraction of sp³-hybridized carbons (Fsp3) is 0.533. The van der Waals surface area contributed by atoms with Gasteiger partial charge in [0, 0.05) is 24.7 Å². The summed E-state index contributed by atoms with van der Waals surface area (Å²) in [5.74, 6) is -0.541. The number of carbonyl (C=O) groups is 1. The minimum Gasteiger partial charge on any atom is -0.494 e. The van der Waals surface area contributed by atoms with Gasteiger partial charge in [-0.25, -0.2) is 4.39 Å². The molecule has 0 spiro atoms. The quantitative estimate of drug-likeness (QED) is 0.902. The molecule has 2 N–H and O–H groups in total. The Bertz CT molecular complexity index is 517. The number of halogens is 1. The predicted octanol–water partition coefficient (Wildman–Crippen LogP) is 2.03. The number of piperidine rings is 1. The van der Waals surface area contributed by atoms with Crippen molar-refractivity contribution in [1.29, 1.82) is 0 Å². The molecule has 1 aliphatic rings. The van der Waals surface area contributed by atoms with Crippen LogP contribution in [0.1, 0.15) is 30.6 Å². The highest BCUT2D eigenvalue weighted by Gasteiger charge is 2.35. The second-order valence-electron chi connectivity index (χ2n) is 5.96. The van der Waals surface area contributed by atoms with E-state index in [-0.39, 0.29) is 23.1 Å². The van der Waals surface area contributed by atoms with E-state index < -0.39 is 5.82 Å². The van der Waals surface area contributed by atoms with Crippen LogP contribution in [0.5, 0.6) is 5.75 Å². The van der Waals surface area contributed by atoms with Gasteiger partial charge in [0.2, 0.25) is 0 Å². The van der Waals surface area contributed by atoms with Crippen molar-refractivity contribution < 1.29 is 13.9 Å². The van der Waals surface area contributed by atoms with Crippen LogP contribution in [0.2, 0.25) is 0 Å². The number of hydrogen-bond acceptors (Lipinski definition) is 3. The summed E-state index contributed by atoms with van der Waals surface area (Å²) in [6.45, 7) is 5.29. The SMILES string of the molecule is COc1ccc(C(=O)N2CCC(N)C(C)(C)C2)cc1F. The van der Waals surface area contributed by atoms with Crippen molar-refractivity contribution in [3.05, 3.63) is 29.6 Å². The van der Waals surface area contributed by atoms with Gasteiger partial charge in [0.25, 0.3) is 5.91 Å². The van der Waals surface area contributed by atoms with E-state index in [1.54, 1.807) is 11.0 Å². The first-order chi connectivity index (χ1) is 9.35. The zero-order valence-corrected chi connectivity index (χ0v) is 12.1. The van der Waals surface area contributed by atoms with Gasteiger partial charge in [0.05, 0.1) is 7.11 Å². The summed E-state index contributed by atoms with van der Waals surface area (Å²) in [6.07, 6.45) is 0.761. The molecule has 1 amide bonds. The number of ether oxygens (including phenoxy) is 1. The van der Waals surface area contributed by atoms with E-state index in [0.29, 0.717) is 18.7 Å². The number of amides is 1. The highest BCUT2D eigenvalue weighted by atomic mass is 19.1. The van der Waals surface area contributed by atoms with Crippen LogP contribution >= 0.6 is 0 Å². The van der Waals surface area contributed by atoms with Gasteiger partial charge >= 0.3 is 0 Å². The smallest absolute Gasteiger partial charge is 0.253 e. The van der Waals surface area contributed by atoms with E-state index in [1.165, 1.54) is 19.2 Å². The molecule has 5 heteroatoms. The van der Waals surface area contributed by atoms with Gasteiger partial charge in [-0.15, -0.1) is 0 Å². The van der Waals surface area contributed by atoms with Crippen molar-refractivity contribution in [3.63, 3.8) is 0 Å². The zero-order valence-electron chi connectivity index (χ0n) is 12.1. The summed E-state index contributed by atoms with van der Waals surface area (Å²) < 4.78 is 18.5. The first kappa shape index (κ1) is 14.8. The average molecular weight is 280 g/mol. The molecule has 1 aromatic carbocycles. The monoisotopic (exact) mass is 280 g/mol. The summed E-state index contributed by atoms with van der Waals surface area (Å²) in [6, 6.07) is 4.37. The van der Waals surface area contributed by atoms with Gasteiger partial charge in [-0.3, -0.25) is 4.79 Å². The van der Waals surface area contributed by atoms with Gasteiger partial charge in [-0.1, -0.05) is 13.8 Å². The standard InChI is InChI=1S/C15H21FN2O2/c1-15(2)9-18(7-6-13(15)17)14(19)10-4-5-12(20-3)11(16)8-10/h4-5,8,13H,6-7,9,17H2,1-3H3. The van der Waals surface area contributed by atoms with Gasteiger partial charge in [0.1, 0.15) is 0 Å². The third-order valence-corrected chi connectivity index (χ3v) is 4.00. The van der Waals surface area contributed by atoms with Crippen molar-refractivity contribution in [2.24, 2.45) is 11.1 Å². The van der Waals surface area contributed by atoms with Gasteiger partial charge in [-0.05, 0) is 30.0 Å². The molecule has 1 aromatic rings. The minimum atomic E-state index is -0.522. The van der Waals surface area contributed by atoms with E-state index in [9.17, 15) is 9.18 Å². The van der Waals surface area contributed by atoms with Crippen molar-refractivity contribution >= 4 is 5.91 Å². The molecule has 4 nitrogen and oxygen atoms in total. The van der Waals surface area contributed by atoms with Crippen LogP contribution in [-0.2, 0) is 0 Å². The number of rotatable bonds is 2. The number of nitrogens with zero attached hydrogens (tertiary/aromatic N) is 1. The third kappa shape index (κ3) is 2.77. The molecule has 110 valence electrons. The molecule has 1 fully saturated rings. The molecule has 1 saturated heterocycles. The summed E-state index contributed by atoms with van der Waals surface area (Å²) in [7, 11) is 1.40. The van der Waals surface area contributed by atoms with Crippen molar-refractivity contribution in [2.45, 2.75) is 26.3 Å². The Balaban J connectivity index is 2.18. The Morgan fingerprint density at radius 1 is 1.50 bits per heavy atom. The Hall–Kier alpha value is -1.62. The summed E-state index contributed by atoms with van der Waals surface area (Å²) in [5.41, 5.74) is 6.28. The normalized spacial score (nSPS) is 21.6. The van der Waals surface area contributed by atoms with E-state index in [0.717, 1.165) is 6.42 Å². The molecule has 0 radical (unpaired) electrons. The predicted molar refractivity (Wildman–Crippen MR) is 75.2 cm³/mol. The zero-order chi connectivity index (χ0) is 14.9. The van der Waals surface area contributed by atoms with Gasteiger partial charge in [-0.2, -0.15) is 0 Å². The Labute approximate surface area is 118 Å². The number of benzene rings is 1. The number of likely N-dealkylation sites (tertiary alicyclic amines) is 1. The molecule has 20 heavy (non-hydrogen) atoms. The minimum absolute atomic E-state index is 0.0825. The van der Waals surface area contributed by atoms with Crippen LogP contribution in [0.15, 0.2) is 18.2 Å². The second kappa shape index (κ2) is 5.40. The van der Waals surface area contributed by atoms with Gasteiger partial charge < -0.3 is 15.4 Å². The van der Waals surface area contributed by atoms with Crippen LogP contribution in [0.3, 0.4) is 0 Å². The fourth-order valence-electron chi connectivity index (χ4n) is 2.53. The van der Waals surface area contributed by atoms with Crippen molar-refractivity contribution in [3.8, 4) is 5.75 Å². The van der Waals surface area contributed by atoms with Crippen LogP contribution in [0.25, 0.3) is 0 Å². The molecular weight excluding hydrogens is 259 g/mol. The van der Waals surface area contributed by atoms with Crippen LogP contribution in [0, 0.1) is 11.2 Å². The third-order valence-electron chi connectivity index (χ3n) is 4.00. The molecule has 1 unspecified atom stereocenters. The molecule has 0 aromatic heterocycles. The highest BCUT2D eigenvalue weighted by molar-refractivity contribution is 5.94. The molecule has 2 rings (SSSR count). The largest absolute Gasteiger partial charge is 0.494 e. The Morgan fingerprint density at radius 3 is 2.75 bits per heavy atom. The molecule has 1 aliphatic heterocycles. The summed E-state index contributed by atoms with van der Waals surface area (Å²) in [5, 5.41) is 0. The highest BCUT2D eigenvalue weighted by Crippen LogP contribution is 2.29. The summed E-state index contributed by atoms with van der Waals surface area (Å²) in [4.78, 5) is 14.2. The molecular formula is C15H21FN2O2. The van der Waals surface area contributed by atoms with Crippen LogP contribution < -0.4 is 10.5 Å². The van der Waals surface area contributed by atoms with Gasteiger partial charge in [0.15, 0.2) is 11.6 Å². The maximum absolute atomic E-state index is 13.7. The Kier molecular flexibility index (Phi) is 3.99. The lowest BCUT2D eigenvalue weighted by atomic mass is 9.79. The fourth-order valence-corrected chi connectivity index (χ4v) is 2.53. The van der Waals surface area contributed by atoms with Crippen LogP contribution in [0.4, 0.5) is 4.39 Å². The molecule has 0 bridgehead atoms. The lowest BCUT2D eigenvalue weighted by molar-refractivity contribution is 0.0532.